The molecule has 0 aliphatic carbocycles. The summed E-state index contributed by atoms with van der Waals surface area (Å²) >= 11 is 7.79. The van der Waals surface area contributed by atoms with Crippen LogP contribution in [0.1, 0.15) is 25.0 Å². The van der Waals surface area contributed by atoms with Crippen molar-refractivity contribution in [1.82, 2.24) is 9.88 Å². The molecule has 1 heterocycles. The summed E-state index contributed by atoms with van der Waals surface area (Å²) in [5, 5.41) is 1.31. The van der Waals surface area contributed by atoms with E-state index in [1.165, 1.54) is 11.3 Å². The van der Waals surface area contributed by atoms with Gasteiger partial charge in [-0.05, 0) is 61.5 Å². The number of carbonyl (C=O) groups is 1. The molecule has 1 amide bonds. The van der Waals surface area contributed by atoms with Gasteiger partial charge in [-0.3, -0.25) is 9.69 Å². The number of methoxy groups -OCH3 is 3. The Morgan fingerprint density at radius 1 is 1.06 bits per heavy atom. The van der Waals surface area contributed by atoms with Crippen molar-refractivity contribution >= 4 is 50.3 Å². The van der Waals surface area contributed by atoms with Gasteiger partial charge in [0.15, 0.2) is 16.6 Å². The fourth-order valence-corrected chi connectivity index (χ4v) is 4.95. The summed E-state index contributed by atoms with van der Waals surface area (Å²) < 4.78 is 17.2. The van der Waals surface area contributed by atoms with E-state index in [-0.39, 0.29) is 5.91 Å². The van der Waals surface area contributed by atoms with Crippen molar-refractivity contribution in [2.24, 2.45) is 0 Å². The molecule has 0 radical (unpaired) electrons. The van der Waals surface area contributed by atoms with Crippen molar-refractivity contribution < 1.29 is 19.0 Å². The predicted octanol–water partition coefficient (Wildman–Crippen LogP) is 5.67. The Kier molecular flexibility index (Phi) is 9.37. The molecule has 7 nitrogen and oxygen atoms in total. The van der Waals surface area contributed by atoms with Crippen LogP contribution in [0.3, 0.4) is 0 Å². The molecule has 0 saturated heterocycles. The fourth-order valence-electron chi connectivity index (χ4n) is 3.74. The number of benzene rings is 2. The number of halogens is 1. The number of ether oxygens (including phenoxy) is 3. The van der Waals surface area contributed by atoms with E-state index in [9.17, 15) is 4.79 Å². The van der Waals surface area contributed by atoms with Gasteiger partial charge in [0.25, 0.3) is 5.91 Å². The summed E-state index contributed by atoms with van der Waals surface area (Å²) in [6.07, 6.45) is 3.29. The number of anilines is 1. The molecule has 0 aliphatic heterocycles. The molecule has 0 unspecified atom stereocenters. The molecule has 2 aromatic carbocycles. The number of aryl methyl sites for hydroxylation is 1. The maximum Gasteiger partial charge on any atom is 0.252 e. The van der Waals surface area contributed by atoms with Crippen LogP contribution in [0.2, 0.25) is 5.02 Å². The second-order valence-corrected chi connectivity index (χ2v) is 9.24. The first kappa shape index (κ1) is 26.8. The SMILES string of the molecule is CCN(CC)CCN(C(=O)/C=C/c1cc(OC)c(OC)c(OC)c1)c1nc2c(C)c(Cl)ccc2s1. The molecule has 0 spiro atoms. The first-order chi connectivity index (χ1) is 16.9. The second kappa shape index (κ2) is 12.2. The van der Waals surface area contributed by atoms with Crippen LogP contribution in [0.5, 0.6) is 17.2 Å². The van der Waals surface area contributed by atoms with E-state index >= 15 is 0 Å². The molecule has 3 aromatic rings. The Bertz CT molecular complexity index is 1180. The average Bonchev–Trinajstić information content (AvgIpc) is 3.31. The molecule has 188 valence electrons. The van der Waals surface area contributed by atoms with Crippen LogP contribution in [0.4, 0.5) is 5.13 Å². The van der Waals surface area contributed by atoms with E-state index in [1.807, 2.05) is 19.1 Å². The Balaban J connectivity index is 1.95. The van der Waals surface area contributed by atoms with Crippen LogP contribution in [0.15, 0.2) is 30.3 Å². The Morgan fingerprint density at radius 3 is 2.29 bits per heavy atom. The molecule has 0 saturated carbocycles. The minimum absolute atomic E-state index is 0.159. The number of thiazole rings is 1. The molecule has 1 aromatic heterocycles. The zero-order valence-corrected chi connectivity index (χ0v) is 22.6. The van der Waals surface area contributed by atoms with Crippen molar-refractivity contribution in [3.05, 3.63) is 46.5 Å². The molecular weight excluding hydrogens is 486 g/mol. The number of aromatic nitrogens is 1. The van der Waals surface area contributed by atoms with Crippen LogP contribution in [-0.4, -0.2) is 63.3 Å². The molecule has 0 fully saturated rings. The van der Waals surface area contributed by atoms with Crippen LogP contribution >= 0.6 is 22.9 Å². The Morgan fingerprint density at radius 2 is 1.71 bits per heavy atom. The lowest BCUT2D eigenvalue weighted by Gasteiger charge is -2.23. The molecular formula is C26H32ClN3O4S. The predicted molar refractivity (Wildman–Crippen MR) is 145 cm³/mol. The highest BCUT2D eigenvalue weighted by Crippen LogP contribution is 2.38. The smallest absolute Gasteiger partial charge is 0.252 e. The zero-order valence-electron chi connectivity index (χ0n) is 21.1. The van der Waals surface area contributed by atoms with E-state index < -0.39 is 0 Å². The lowest BCUT2D eigenvalue weighted by atomic mass is 10.1. The Labute approximate surface area is 215 Å². The monoisotopic (exact) mass is 517 g/mol. The topological polar surface area (TPSA) is 64.1 Å². The van der Waals surface area contributed by atoms with E-state index in [0.29, 0.717) is 33.9 Å². The first-order valence-electron chi connectivity index (χ1n) is 11.4. The number of likely N-dealkylation sites (N-methyl/N-ethyl adjacent to an activating group) is 1. The summed E-state index contributed by atoms with van der Waals surface area (Å²) in [6, 6.07) is 7.42. The van der Waals surface area contributed by atoms with Gasteiger partial charge in [-0.2, -0.15) is 0 Å². The fraction of sp³-hybridized carbons (Fsp3) is 0.385. The van der Waals surface area contributed by atoms with Gasteiger partial charge in [-0.25, -0.2) is 4.98 Å². The molecule has 0 bridgehead atoms. The Hall–Kier alpha value is -2.81. The normalized spacial score (nSPS) is 11.4. The van der Waals surface area contributed by atoms with Crippen molar-refractivity contribution in [3.63, 3.8) is 0 Å². The zero-order chi connectivity index (χ0) is 25.5. The number of rotatable bonds is 11. The summed E-state index contributed by atoms with van der Waals surface area (Å²) in [5.74, 6) is 1.39. The highest BCUT2D eigenvalue weighted by Gasteiger charge is 2.20. The summed E-state index contributed by atoms with van der Waals surface area (Å²) in [4.78, 5) is 22.2. The van der Waals surface area contributed by atoms with Gasteiger partial charge in [0.05, 0.1) is 31.5 Å². The van der Waals surface area contributed by atoms with Gasteiger partial charge < -0.3 is 19.1 Å². The molecule has 35 heavy (non-hydrogen) atoms. The number of nitrogens with zero attached hydrogens (tertiary/aromatic N) is 3. The molecule has 0 N–H and O–H groups in total. The summed E-state index contributed by atoms with van der Waals surface area (Å²) in [5.41, 5.74) is 2.49. The van der Waals surface area contributed by atoms with Gasteiger partial charge in [0, 0.05) is 24.2 Å². The number of hydrogen-bond acceptors (Lipinski definition) is 7. The van der Waals surface area contributed by atoms with E-state index in [1.54, 1.807) is 50.5 Å². The molecule has 3 rings (SSSR count). The molecule has 9 heteroatoms. The first-order valence-corrected chi connectivity index (χ1v) is 12.6. The maximum absolute atomic E-state index is 13.4. The van der Waals surface area contributed by atoms with Crippen molar-refractivity contribution in [3.8, 4) is 17.2 Å². The minimum Gasteiger partial charge on any atom is -0.493 e. The van der Waals surface area contributed by atoms with Gasteiger partial charge in [0.2, 0.25) is 5.75 Å². The minimum atomic E-state index is -0.159. The number of hydrogen-bond donors (Lipinski definition) is 0. The maximum atomic E-state index is 13.4. The lowest BCUT2D eigenvalue weighted by molar-refractivity contribution is -0.114. The van der Waals surface area contributed by atoms with Gasteiger partial charge in [-0.15, -0.1) is 0 Å². The van der Waals surface area contributed by atoms with Crippen LogP contribution in [0.25, 0.3) is 16.3 Å². The number of amides is 1. The molecule has 0 aliphatic rings. The van der Waals surface area contributed by atoms with Gasteiger partial charge in [-0.1, -0.05) is 36.8 Å². The van der Waals surface area contributed by atoms with Gasteiger partial charge >= 0.3 is 0 Å². The van der Waals surface area contributed by atoms with Crippen LogP contribution in [0, 0.1) is 6.92 Å². The quantitative estimate of drug-likeness (QED) is 0.305. The second-order valence-electron chi connectivity index (χ2n) is 7.82. The van der Waals surface area contributed by atoms with Crippen LogP contribution < -0.4 is 19.1 Å². The average molecular weight is 518 g/mol. The van der Waals surface area contributed by atoms with Crippen LogP contribution in [-0.2, 0) is 4.79 Å². The highest BCUT2D eigenvalue weighted by atomic mass is 35.5. The number of fused-ring (bicyclic) bond motifs is 1. The van der Waals surface area contributed by atoms with E-state index in [2.05, 4.69) is 18.7 Å². The van der Waals surface area contributed by atoms with Gasteiger partial charge in [0.1, 0.15) is 0 Å². The van der Waals surface area contributed by atoms with E-state index in [4.69, 9.17) is 30.8 Å². The van der Waals surface area contributed by atoms with Crippen molar-refractivity contribution in [2.75, 3.05) is 52.4 Å². The third-order valence-corrected chi connectivity index (χ3v) is 7.33. The third-order valence-electron chi connectivity index (χ3n) is 5.87. The summed E-state index contributed by atoms with van der Waals surface area (Å²) in [7, 11) is 4.68. The standard InChI is InChI=1S/C26H32ClN3O4S/c1-7-29(8-2)13-14-30(26-28-24-17(3)19(27)10-11-22(24)35-26)23(31)12-9-18-15-20(32-4)25(34-6)21(16-18)33-5/h9-12,15-16H,7-8,13-14H2,1-6H3/b12-9+. The van der Waals surface area contributed by atoms with Crippen molar-refractivity contribution in [1.29, 1.82) is 0 Å². The number of carbonyl (C=O) groups excluding carboxylic acids is 1. The van der Waals surface area contributed by atoms with Crippen molar-refractivity contribution in [2.45, 2.75) is 20.8 Å². The molecule has 0 atom stereocenters. The highest BCUT2D eigenvalue weighted by molar-refractivity contribution is 7.22. The summed E-state index contributed by atoms with van der Waals surface area (Å²) in [6.45, 7) is 9.26. The van der Waals surface area contributed by atoms with E-state index in [0.717, 1.165) is 41.0 Å². The third kappa shape index (κ3) is 6.07. The lowest BCUT2D eigenvalue weighted by Crippen LogP contribution is -2.38. The largest absolute Gasteiger partial charge is 0.493 e.